The van der Waals surface area contributed by atoms with Crippen LogP contribution in [0.25, 0.3) is 0 Å². The molecule has 0 N–H and O–H groups in total. The number of hydrogen-bond acceptors (Lipinski definition) is 2. The molecule has 0 amide bonds. The third kappa shape index (κ3) is 3.72. The van der Waals surface area contributed by atoms with Crippen molar-refractivity contribution in [1.82, 2.24) is 4.90 Å². The van der Waals surface area contributed by atoms with Gasteiger partial charge in [-0.05, 0) is 44.0 Å². The topological polar surface area (TPSA) is 12.5 Å². The summed E-state index contributed by atoms with van der Waals surface area (Å²) >= 11 is 3.55. The molecule has 1 aromatic carbocycles. The lowest BCUT2D eigenvalue weighted by Crippen LogP contribution is -2.26. The molecule has 0 spiro atoms. The van der Waals surface area contributed by atoms with E-state index in [2.05, 4.69) is 33.8 Å². The first-order chi connectivity index (χ1) is 8.74. The average Bonchev–Trinajstić information content (AvgIpc) is 3.19. The standard InChI is InChI=1S/C15H22BrNO/c1-3-4-9-17(14-6-7-14)11-12-10-13(16)5-8-15(12)18-2/h5,8,10,14H,3-4,6-7,9,11H2,1-2H3. The molecule has 3 heteroatoms. The van der Waals surface area contributed by atoms with E-state index in [0.29, 0.717) is 0 Å². The molecule has 1 fully saturated rings. The van der Waals surface area contributed by atoms with Crippen LogP contribution in [0.3, 0.4) is 0 Å². The summed E-state index contributed by atoms with van der Waals surface area (Å²) in [5, 5.41) is 0. The van der Waals surface area contributed by atoms with Crippen LogP contribution in [0.1, 0.15) is 38.2 Å². The van der Waals surface area contributed by atoms with Crippen LogP contribution in [-0.2, 0) is 6.54 Å². The highest BCUT2D eigenvalue weighted by molar-refractivity contribution is 9.10. The molecule has 100 valence electrons. The molecule has 0 unspecified atom stereocenters. The van der Waals surface area contributed by atoms with Crippen molar-refractivity contribution in [3.05, 3.63) is 28.2 Å². The predicted octanol–water partition coefficient (Wildman–Crippen LogP) is 4.22. The third-order valence-electron chi connectivity index (χ3n) is 3.48. The van der Waals surface area contributed by atoms with Gasteiger partial charge in [-0.1, -0.05) is 29.3 Å². The Labute approximate surface area is 118 Å². The number of hydrogen-bond donors (Lipinski definition) is 0. The second kappa shape index (κ2) is 6.58. The van der Waals surface area contributed by atoms with Crippen LogP contribution in [0.5, 0.6) is 5.75 Å². The summed E-state index contributed by atoms with van der Waals surface area (Å²) < 4.78 is 6.59. The molecule has 2 nitrogen and oxygen atoms in total. The molecule has 0 bridgehead atoms. The molecule has 1 aliphatic carbocycles. The maximum absolute atomic E-state index is 5.46. The number of rotatable bonds is 7. The molecular weight excluding hydrogens is 290 g/mol. The van der Waals surface area contributed by atoms with Gasteiger partial charge in [-0.2, -0.15) is 0 Å². The lowest BCUT2D eigenvalue weighted by Gasteiger charge is -2.23. The summed E-state index contributed by atoms with van der Waals surface area (Å²) in [5.74, 6) is 1.00. The first-order valence-corrected chi connectivity index (χ1v) is 7.60. The van der Waals surface area contributed by atoms with E-state index < -0.39 is 0 Å². The quantitative estimate of drug-likeness (QED) is 0.747. The van der Waals surface area contributed by atoms with E-state index in [0.717, 1.165) is 22.8 Å². The summed E-state index contributed by atoms with van der Waals surface area (Å²) in [6, 6.07) is 7.07. The van der Waals surface area contributed by atoms with Crippen LogP contribution in [0.2, 0.25) is 0 Å². The highest BCUT2D eigenvalue weighted by Gasteiger charge is 2.28. The van der Waals surface area contributed by atoms with E-state index in [1.54, 1.807) is 7.11 Å². The first kappa shape index (κ1) is 13.9. The molecule has 0 aromatic heterocycles. The zero-order chi connectivity index (χ0) is 13.0. The minimum atomic E-state index is 0.806. The zero-order valence-electron chi connectivity index (χ0n) is 11.3. The van der Waals surface area contributed by atoms with E-state index in [1.165, 1.54) is 37.8 Å². The van der Waals surface area contributed by atoms with Gasteiger partial charge in [-0.15, -0.1) is 0 Å². The van der Waals surface area contributed by atoms with Gasteiger partial charge in [0.15, 0.2) is 0 Å². The fraction of sp³-hybridized carbons (Fsp3) is 0.600. The van der Waals surface area contributed by atoms with E-state index >= 15 is 0 Å². The van der Waals surface area contributed by atoms with Crippen molar-refractivity contribution in [3.63, 3.8) is 0 Å². The summed E-state index contributed by atoms with van der Waals surface area (Å²) in [6.07, 6.45) is 5.27. The Morgan fingerprint density at radius 1 is 1.39 bits per heavy atom. The van der Waals surface area contributed by atoms with Crippen molar-refractivity contribution >= 4 is 15.9 Å². The van der Waals surface area contributed by atoms with Crippen LogP contribution in [0.15, 0.2) is 22.7 Å². The van der Waals surface area contributed by atoms with Crippen LogP contribution < -0.4 is 4.74 Å². The van der Waals surface area contributed by atoms with Gasteiger partial charge >= 0.3 is 0 Å². The van der Waals surface area contributed by atoms with E-state index in [1.807, 2.05) is 12.1 Å². The van der Waals surface area contributed by atoms with Crippen LogP contribution in [0, 0.1) is 0 Å². The minimum Gasteiger partial charge on any atom is -0.496 e. The third-order valence-corrected chi connectivity index (χ3v) is 3.97. The van der Waals surface area contributed by atoms with Gasteiger partial charge in [0, 0.05) is 22.6 Å². The van der Waals surface area contributed by atoms with Crippen LogP contribution in [-0.4, -0.2) is 24.6 Å². The first-order valence-electron chi connectivity index (χ1n) is 6.81. The summed E-state index contributed by atoms with van der Waals surface area (Å²) in [6.45, 7) is 4.47. The molecule has 0 atom stereocenters. The van der Waals surface area contributed by atoms with E-state index in [-0.39, 0.29) is 0 Å². The molecule has 1 aromatic rings. The predicted molar refractivity (Wildman–Crippen MR) is 79.0 cm³/mol. The van der Waals surface area contributed by atoms with Crippen LogP contribution in [0.4, 0.5) is 0 Å². The normalized spacial score (nSPS) is 15.1. The highest BCUT2D eigenvalue weighted by Crippen LogP contribution is 2.31. The molecule has 0 heterocycles. The van der Waals surface area contributed by atoms with E-state index in [4.69, 9.17) is 4.74 Å². The van der Waals surface area contributed by atoms with Gasteiger partial charge in [0.05, 0.1) is 7.11 Å². The summed E-state index contributed by atoms with van der Waals surface area (Å²) in [4.78, 5) is 2.60. The molecule has 2 rings (SSSR count). The summed E-state index contributed by atoms with van der Waals surface area (Å²) in [5.41, 5.74) is 1.29. The lowest BCUT2D eigenvalue weighted by molar-refractivity contribution is 0.246. The Kier molecular flexibility index (Phi) is 5.07. The summed E-state index contributed by atoms with van der Waals surface area (Å²) in [7, 11) is 1.75. The Hall–Kier alpha value is -0.540. The molecule has 0 saturated heterocycles. The fourth-order valence-electron chi connectivity index (χ4n) is 2.28. The van der Waals surface area contributed by atoms with Crippen LogP contribution >= 0.6 is 15.9 Å². The number of halogens is 1. The maximum Gasteiger partial charge on any atom is 0.123 e. The number of ether oxygens (including phenoxy) is 1. The number of nitrogens with zero attached hydrogens (tertiary/aromatic N) is 1. The lowest BCUT2D eigenvalue weighted by atomic mass is 10.1. The smallest absolute Gasteiger partial charge is 0.123 e. The molecule has 0 aliphatic heterocycles. The monoisotopic (exact) mass is 311 g/mol. The largest absolute Gasteiger partial charge is 0.496 e. The number of benzene rings is 1. The SMILES string of the molecule is CCCCN(Cc1cc(Br)ccc1OC)C1CC1. The van der Waals surface area contributed by atoms with Gasteiger partial charge in [-0.3, -0.25) is 4.90 Å². The molecular formula is C15H22BrNO. The van der Waals surface area contributed by atoms with E-state index in [9.17, 15) is 0 Å². The maximum atomic E-state index is 5.46. The minimum absolute atomic E-state index is 0.806. The molecule has 1 saturated carbocycles. The number of methoxy groups -OCH3 is 1. The van der Waals surface area contributed by atoms with Gasteiger partial charge in [-0.25, -0.2) is 0 Å². The van der Waals surface area contributed by atoms with Gasteiger partial charge < -0.3 is 4.74 Å². The molecule has 1 aliphatic rings. The Bertz CT molecular complexity index is 390. The van der Waals surface area contributed by atoms with Crippen molar-refractivity contribution in [2.24, 2.45) is 0 Å². The van der Waals surface area contributed by atoms with Crippen molar-refractivity contribution < 1.29 is 4.74 Å². The van der Waals surface area contributed by atoms with Gasteiger partial charge in [0.2, 0.25) is 0 Å². The molecule has 18 heavy (non-hydrogen) atoms. The van der Waals surface area contributed by atoms with Gasteiger partial charge in [0.1, 0.15) is 5.75 Å². The fourth-order valence-corrected chi connectivity index (χ4v) is 2.69. The van der Waals surface area contributed by atoms with Crippen molar-refractivity contribution in [2.75, 3.05) is 13.7 Å². The highest BCUT2D eigenvalue weighted by atomic mass is 79.9. The Morgan fingerprint density at radius 2 is 2.17 bits per heavy atom. The average molecular weight is 312 g/mol. The number of unbranched alkanes of at least 4 members (excludes halogenated alkanes) is 1. The Balaban J connectivity index is 2.07. The second-order valence-electron chi connectivity index (χ2n) is 5.01. The second-order valence-corrected chi connectivity index (χ2v) is 5.93. The van der Waals surface area contributed by atoms with Crippen molar-refractivity contribution in [1.29, 1.82) is 0 Å². The zero-order valence-corrected chi connectivity index (χ0v) is 12.9. The Morgan fingerprint density at radius 3 is 2.78 bits per heavy atom. The van der Waals surface area contributed by atoms with Crippen molar-refractivity contribution in [3.8, 4) is 5.75 Å². The van der Waals surface area contributed by atoms with Crippen molar-refractivity contribution in [2.45, 2.75) is 45.2 Å². The molecule has 0 radical (unpaired) electrons. The van der Waals surface area contributed by atoms with Gasteiger partial charge in [0.25, 0.3) is 0 Å².